The molecule has 0 atom stereocenters. The van der Waals surface area contributed by atoms with Gasteiger partial charge in [0.25, 0.3) is 17.7 Å². The van der Waals surface area contributed by atoms with Gasteiger partial charge in [0.15, 0.2) is 0 Å². The lowest BCUT2D eigenvalue weighted by Crippen LogP contribution is -2.34. The maximum Gasteiger partial charge on any atom is 0.275 e. The van der Waals surface area contributed by atoms with Gasteiger partial charge in [-0.3, -0.25) is 14.4 Å². The first-order valence-electron chi connectivity index (χ1n) is 13.2. The smallest absolute Gasteiger partial charge is 0.275 e. The molecular formula is C31H29F2N3O4. The molecule has 206 valence electrons. The first kappa shape index (κ1) is 27.1. The maximum atomic E-state index is 15.5. The SMILES string of the molecule is CCOc1c(C(=O)Nc2ccccc2)cccc1C(=O)N1CCC(F)(F)C(=CC(=O)NC2CC2)c2ccccc21. The predicted octanol–water partition coefficient (Wildman–Crippen LogP) is 5.69. The number of carbonyl (C=O) groups is 3. The third-order valence-corrected chi connectivity index (χ3v) is 6.78. The quantitative estimate of drug-likeness (QED) is 0.374. The van der Waals surface area contributed by atoms with Gasteiger partial charge in [-0.15, -0.1) is 0 Å². The number of allylic oxidation sites excluding steroid dienone is 1. The molecule has 1 aliphatic carbocycles. The van der Waals surface area contributed by atoms with E-state index >= 15 is 8.78 Å². The Balaban J connectivity index is 1.53. The minimum atomic E-state index is -3.35. The number of amides is 3. The Bertz CT molecular complexity index is 1470. The summed E-state index contributed by atoms with van der Waals surface area (Å²) in [6, 6.07) is 19.8. The summed E-state index contributed by atoms with van der Waals surface area (Å²) >= 11 is 0. The summed E-state index contributed by atoms with van der Waals surface area (Å²) in [5.74, 6) is -4.94. The summed E-state index contributed by atoms with van der Waals surface area (Å²) in [4.78, 5) is 40.9. The number of hydrogen-bond donors (Lipinski definition) is 2. The van der Waals surface area contributed by atoms with Crippen LogP contribution in [0.1, 0.15) is 52.5 Å². The molecule has 1 fully saturated rings. The summed E-state index contributed by atoms with van der Waals surface area (Å²) in [5.41, 5.74) is 0.692. The number of benzene rings is 3. The summed E-state index contributed by atoms with van der Waals surface area (Å²) in [6.07, 6.45) is 1.92. The average molecular weight is 546 g/mol. The Morgan fingerprint density at radius 1 is 0.975 bits per heavy atom. The fourth-order valence-electron chi connectivity index (χ4n) is 4.69. The van der Waals surface area contributed by atoms with Crippen molar-refractivity contribution in [2.24, 2.45) is 0 Å². The van der Waals surface area contributed by atoms with Crippen molar-refractivity contribution in [3.63, 3.8) is 0 Å². The van der Waals surface area contributed by atoms with Gasteiger partial charge in [-0.25, -0.2) is 8.78 Å². The van der Waals surface area contributed by atoms with Gasteiger partial charge >= 0.3 is 0 Å². The largest absolute Gasteiger partial charge is 0.492 e. The Morgan fingerprint density at radius 2 is 1.68 bits per heavy atom. The fourth-order valence-corrected chi connectivity index (χ4v) is 4.69. The lowest BCUT2D eigenvalue weighted by Gasteiger charge is -2.24. The first-order valence-corrected chi connectivity index (χ1v) is 13.2. The molecule has 7 nitrogen and oxygen atoms in total. The second-order valence-electron chi connectivity index (χ2n) is 9.70. The maximum absolute atomic E-state index is 15.5. The van der Waals surface area contributed by atoms with E-state index < -0.39 is 35.6 Å². The average Bonchev–Trinajstić information content (AvgIpc) is 3.77. The van der Waals surface area contributed by atoms with Crippen LogP contribution in [-0.4, -0.2) is 42.8 Å². The van der Waals surface area contributed by atoms with Crippen LogP contribution in [0, 0.1) is 0 Å². The van der Waals surface area contributed by atoms with Crippen LogP contribution in [0.3, 0.4) is 0 Å². The van der Waals surface area contributed by atoms with Crippen molar-refractivity contribution in [1.29, 1.82) is 0 Å². The van der Waals surface area contributed by atoms with Crippen LogP contribution in [0.25, 0.3) is 5.57 Å². The molecule has 1 saturated carbocycles. The minimum absolute atomic E-state index is 0.0143. The number of nitrogens with one attached hydrogen (secondary N) is 2. The standard InChI is InChI=1S/C31H29F2N3O4/c1-2-40-28-23(29(38)35-20-9-4-3-5-10-20)12-8-13-24(28)30(39)36-18-17-31(32,33)25(19-27(37)34-21-15-16-21)22-11-6-7-14-26(22)36/h3-14,19,21H,2,15-18H2,1H3,(H,34,37)(H,35,38). The highest BCUT2D eigenvalue weighted by Crippen LogP contribution is 2.44. The van der Waals surface area contributed by atoms with E-state index in [1.54, 1.807) is 61.5 Å². The molecule has 0 unspecified atom stereocenters. The number of fused-ring (bicyclic) bond motifs is 1. The zero-order valence-electron chi connectivity index (χ0n) is 22.0. The first-order chi connectivity index (χ1) is 19.3. The molecule has 9 heteroatoms. The molecular weight excluding hydrogens is 516 g/mol. The molecule has 0 bridgehead atoms. The molecule has 0 saturated heterocycles. The van der Waals surface area contributed by atoms with Crippen molar-refractivity contribution >= 4 is 34.7 Å². The number of para-hydroxylation sites is 3. The summed E-state index contributed by atoms with van der Waals surface area (Å²) in [6.45, 7) is 1.59. The lowest BCUT2D eigenvalue weighted by molar-refractivity contribution is -0.116. The monoisotopic (exact) mass is 545 g/mol. The third kappa shape index (κ3) is 5.73. The molecule has 0 radical (unpaired) electrons. The van der Waals surface area contributed by atoms with Crippen LogP contribution < -0.4 is 20.3 Å². The molecule has 5 rings (SSSR count). The van der Waals surface area contributed by atoms with Crippen LogP contribution in [-0.2, 0) is 4.79 Å². The number of halogens is 2. The van der Waals surface area contributed by atoms with Gasteiger partial charge in [-0.05, 0) is 50.1 Å². The highest BCUT2D eigenvalue weighted by molar-refractivity contribution is 6.14. The van der Waals surface area contributed by atoms with Crippen molar-refractivity contribution in [3.8, 4) is 5.75 Å². The minimum Gasteiger partial charge on any atom is -0.492 e. The molecule has 2 aliphatic rings. The summed E-state index contributed by atoms with van der Waals surface area (Å²) in [5, 5.41) is 5.51. The Kier molecular flexibility index (Phi) is 7.64. The van der Waals surface area contributed by atoms with Crippen LogP contribution in [0.4, 0.5) is 20.2 Å². The molecule has 1 heterocycles. The van der Waals surface area contributed by atoms with E-state index in [2.05, 4.69) is 10.6 Å². The van der Waals surface area contributed by atoms with Crippen LogP contribution in [0.2, 0.25) is 0 Å². The Labute approximate surface area is 230 Å². The summed E-state index contributed by atoms with van der Waals surface area (Å²) < 4.78 is 36.7. The van der Waals surface area contributed by atoms with Crippen molar-refractivity contribution in [1.82, 2.24) is 5.32 Å². The lowest BCUT2D eigenvalue weighted by atomic mass is 9.97. The van der Waals surface area contributed by atoms with E-state index in [4.69, 9.17) is 4.74 Å². The predicted molar refractivity (Wildman–Crippen MR) is 149 cm³/mol. The molecule has 3 aromatic carbocycles. The molecule has 2 N–H and O–H groups in total. The number of hydrogen-bond acceptors (Lipinski definition) is 4. The molecule has 3 aromatic rings. The van der Waals surface area contributed by atoms with E-state index in [-0.39, 0.29) is 47.3 Å². The van der Waals surface area contributed by atoms with Crippen molar-refractivity contribution < 1.29 is 27.9 Å². The molecule has 40 heavy (non-hydrogen) atoms. The zero-order valence-corrected chi connectivity index (χ0v) is 22.0. The third-order valence-electron chi connectivity index (χ3n) is 6.78. The number of carbonyl (C=O) groups excluding carboxylic acids is 3. The van der Waals surface area contributed by atoms with Gasteiger partial charge in [-0.1, -0.05) is 42.5 Å². The second-order valence-corrected chi connectivity index (χ2v) is 9.70. The van der Waals surface area contributed by atoms with Gasteiger partial charge in [0.1, 0.15) is 5.75 Å². The van der Waals surface area contributed by atoms with E-state index in [1.807, 2.05) is 6.07 Å². The van der Waals surface area contributed by atoms with Crippen molar-refractivity contribution in [2.45, 2.75) is 38.2 Å². The van der Waals surface area contributed by atoms with Crippen LogP contribution >= 0.6 is 0 Å². The van der Waals surface area contributed by atoms with Gasteiger partial charge in [0, 0.05) is 41.9 Å². The number of rotatable bonds is 7. The zero-order chi connectivity index (χ0) is 28.3. The van der Waals surface area contributed by atoms with Crippen LogP contribution in [0.5, 0.6) is 5.75 Å². The number of anilines is 2. The second kappa shape index (κ2) is 11.3. The van der Waals surface area contributed by atoms with Gasteiger partial charge in [0.05, 0.1) is 23.4 Å². The molecule has 1 aliphatic heterocycles. The van der Waals surface area contributed by atoms with E-state index in [9.17, 15) is 14.4 Å². The molecule has 0 aromatic heterocycles. The van der Waals surface area contributed by atoms with Gasteiger partial charge < -0.3 is 20.3 Å². The van der Waals surface area contributed by atoms with E-state index in [1.165, 1.54) is 17.0 Å². The molecule has 3 amide bonds. The van der Waals surface area contributed by atoms with E-state index in [0.717, 1.165) is 18.9 Å². The fraction of sp³-hybridized carbons (Fsp3) is 0.258. The summed E-state index contributed by atoms with van der Waals surface area (Å²) in [7, 11) is 0. The Morgan fingerprint density at radius 3 is 2.40 bits per heavy atom. The Hall–Kier alpha value is -4.53. The molecule has 0 spiro atoms. The number of ether oxygens (including phenoxy) is 1. The van der Waals surface area contributed by atoms with E-state index in [0.29, 0.717) is 5.69 Å². The normalized spacial score (nSPS) is 17.0. The van der Waals surface area contributed by atoms with Crippen molar-refractivity contribution in [2.75, 3.05) is 23.4 Å². The van der Waals surface area contributed by atoms with Crippen molar-refractivity contribution in [3.05, 3.63) is 95.6 Å². The topological polar surface area (TPSA) is 87.7 Å². The highest BCUT2D eigenvalue weighted by atomic mass is 19.3. The van der Waals surface area contributed by atoms with Gasteiger partial charge in [-0.2, -0.15) is 0 Å². The van der Waals surface area contributed by atoms with Gasteiger partial charge in [0.2, 0.25) is 5.91 Å². The van der Waals surface area contributed by atoms with Crippen LogP contribution in [0.15, 0.2) is 78.9 Å². The highest BCUT2D eigenvalue weighted by Gasteiger charge is 2.42. The number of alkyl halides is 2. The number of nitrogens with zero attached hydrogens (tertiary/aromatic N) is 1.